The van der Waals surface area contributed by atoms with Crippen molar-refractivity contribution in [2.75, 3.05) is 13.1 Å². The third-order valence-corrected chi connectivity index (χ3v) is 4.49. The van der Waals surface area contributed by atoms with E-state index in [1.807, 2.05) is 34.6 Å². The van der Waals surface area contributed by atoms with Gasteiger partial charge in [-0.05, 0) is 58.9 Å². The molecule has 1 aliphatic heterocycles. The normalized spacial score (nSPS) is 15.0. The lowest BCUT2D eigenvalue weighted by Gasteiger charge is -2.33. The highest BCUT2D eigenvalue weighted by atomic mass is 16.6. The van der Waals surface area contributed by atoms with Gasteiger partial charge in [-0.2, -0.15) is 0 Å². The maximum atomic E-state index is 12.5. The van der Waals surface area contributed by atoms with Gasteiger partial charge in [0, 0.05) is 31.0 Å². The number of pyridine rings is 1. The average Bonchev–Trinajstić information content (AvgIpc) is 2.61. The zero-order valence-electron chi connectivity index (χ0n) is 17.4. The maximum absolute atomic E-state index is 12.5. The number of piperidine rings is 1. The van der Waals surface area contributed by atoms with Crippen molar-refractivity contribution in [2.24, 2.45) is 0 Å². The maximum Gasteiger partial charge on any atom is 0.410 e. The summed E-state index contributed by atoms with van der Waals surface area (Å²) >= 11 is 0. The highest BCUT2D eigenvalue weighted by molar-refractivity contribution is 5.74. The number of aromatic amines is 1. The van der Waals surface area contributed by atoms with Gasteiger partial charge < -0.3 is 14.6 Å². The standard InChI is InChI=1S/C18H24N4O3.C3H6/c1-11-13(16(23)21-15-14(11)19-7-8-20-15)12-5-9-22(10-6-12)17(24)25-18(2,3)4;1-3-2/h7-8,12H,5-6,9-10H2,1-4H3,(H,20,21,23);3H,1H2,2H3. The second-order valence-corrected chi connectivity index (χ2v) is 7.90. The smallest absolute Gasteiger partial charge is 0.410 e. The van der Waals surface area contributed by atoms with Gasteiger partial charge in [0.1, 0.15) is 11.1 Å². The number of nitrogens with one attached hydrogen (secondary N) is 1. The minimum atomic E-state index is -0.501. The number of nitrogens with zero attached hydrogens (tertiary/aromatic N) is 3. The molecule has 2 aromatic heterocycles. The van der Waals surface area contributed by atoms with E-state index < -0.39 is 5.60 Å². The van der Waals surface area contributed by atoms with Crippen LogP contribution in [-0.4, -0.2) is 44.6 Å². The second kappa shape index (κ2) is 8.99. The minimum Gasteiger partial charge on any atom is -0.444 e. The highest BCUT2D eigenvalue weighted by Gasteiger charge is 2.29. The second-order valence-electron chi connectivity index (χ2n) is 7.90. The van der Waals surface area contributed by atoms with Crippen molar-refractivity contribution in [1.29, 1.82) is 0 Å². The molecule has 0 aliphatic carbocycles. The van der Waals surface area contributed by atoms with Crippen LogP contribution >= 0.6 is 0 Å². The SMILES string of the molecule is C=CC.Cc1c(C2CCN(C(=O)OC(C)(C)C)CC2)c(=O)[nH]c2nccnc12. The Morgan fingerprint density at radius 1 is 1.29 bits per heavy atom. The number of hydrogen-bond donors (Lipinski definition) is 1. The number of likely N-dealkylation sites (tertiary alicyclic amines) is 1. The van der Waals surface area contributed by atoms with Crippen molar-refractivity contribution >= 4 is 17.3 Å². The Morgan fingerprint density at radius 2 is 1.86 bits per heavy atom. The molecule has 3 heterocycles. The Kier molecular flexibility index (Phi) is 6.94. The quantitative estimate of drug-likeness (QED) is 0.750. The summed E-state index contributed by atoms with van der Waals surface area (Å²) in [5.41, 5.74) is 2.27. The van der Waals surface area contributed by atoms with E-state index in [0.717, 1.165) is 29.5 Å². The summed E-state index contributed by atoms with van der Waals surface area (Å²) in [6.45, 7) is 13.9. The Labute approximate surface area is 165 Å². The number of carbonyl (C=O) groups is 1. The van der Waals surface area contributed by atoms with Gasteiger partial charge in [-0.25, -0.2) is 9.78 Å². The first-order valence-corrected chi connectivity index (χ1v) is 9.56. The van der Waals surface area contributed by atoms with Gasteiger partial charge in [0.05, 0.1) is 0 Å². The van der Waals surface area contributed by atoms with Crippen LogP contribution < -0.4 is 5.56 Å². The van der Waals surface area contributed by atoms with Crippen LogP contribution in [0, 0.1) is 6.92 Å². The molecule has 1 amide bonds. The van der Waals surface area contributed by atoms with Crippen LogP contribution in [0.15, 0.2) is 29.8 Å². The van der Waals surface area contributed by atoms with E-state index in [1.165, 1.54) is 0 Å². The number of ether oxygens (including phenoxy) is 1. The summed E-state index contributed by atoms with van der Waals surface area (Å²) < 4.78 is 5.42. The number of carbonyl (C=O) groups excluding carboxylic acids is 1. The Morgan fingerprint density at radius 3 is 2.43 bits per heavy atom. The van der Waals surface area contributed by atoms with Crippen molar-refractivity contribution < 1.29 is 9.53 Å². The lowest BCUT2D eigenvalue weighted by Crippen LogP contribution is -2.42. The molecule has 28 heavy (non-hydrogen) atoms. The van der Waals surface area contributed by atoms with Crippen molar-refractivity contribution in [3.05, 3.63) is 46.5 Å². The summed E-state index contributed by atoms with van der Waals surface area (Å²) in [5.74, 6) is 0.105. The van der Waals surface area contributed by atoms with Crippen LogP contribution in [0.5, 0.6) is 0 Å². The topological polar surface area (TPSA) is 88.2 Å². The molecule has 0 spiro atoms. The zero-order valence-corrected chi connectivity index (χ0v) is 17.4. The number of rotatable bonds is 1. The molecule has 0 unspecified atom stereocenters. The van der Waals surface area contributed by atoms with Crippen molar-refractivity contribution in [2.45, 2.75) is 59.0 Å². The fourth-order valence-corrected chi connectivity index (χ4v) is 3.35. The zero-order chi connectivity index (χ0) is 20.9. The van der Waals surface area contributed by atoms with Gasteiger partial charge in [-0.1, -0.05) is 6.08 Å². The first-order valence-electron chi connectivity index (χ1n) is 9.56. The first-order chi connectivity index (χ1) is 13.2. The molecule has 0 bridgehead atoms. The van der Waals surface area contributed by atoms with Gasteiger partial charge in [0.15, 0.2) is 5.65 Å². The minimum absolute atomic E-state index is 0.105. The molecular weight excluding hydrogens is 356 g/mol. The highest BCUT2D eigenvalue weighted by Crippen LogP contribution is 2.30. The number of allylic oxidation sites excluding steroid dienone is 1. The molecule has 2 aromatic rings. The van der Waals surface area contributed by atoms with Gasteiger partial charge in [-0.3, -0.25) is 9.78 Å². The third-order valence-electron chi connectivity index (χ3n) is 4.49. The predicted molar refractivity (Wildman–Crippen MR) is 111 cm³/mol. The van der Waals surface area contributed by atoms with Crippen molar-refractivity contribution in [3.8, 4) is 0 Å². The Hall–Kier alpha value is -2.70. The van der Waals surface area contributed by atoms with E-state index in [9.17, 15) is 9.59 Å². The largest absolute Gasteiger partial charge is 0.444 e. The molecular formula is C21H30N4O3. The lowest BCUT2D eigenvalue weighted by molar-refractivity contribution is 0.0204. The van der Waals surface area contributed by atoms with Crippen molar-refractivity contribution in [1.82, 2.24) is 19.9 Å². The summed E-state index contributed by atoms with van der Waals surface area (Å²) in [6.07, 6.45) is 6.12. The number of amides is 1. The molecule has 1 N–H and O–H groups in total. The fraction of sp³-hybridized carbons (Fsp3) is 0.524. The van der Waals surface area contributed by atoms with E-state index in [2.05, 4.69) is 21.5 Å². The number of aromatic nitrogens is 3. The van der Waals surface area contributed by atoms with Crippen LogP contribution in [0.1, 0.15) is 57.6 Å². The Bertz CT molecular complexity index is 891. The van der Waals surface area contributed by atoms with Gasteiger partial charge in [0.25, 0.3) is 5.56 Å². The molecule has 0 radical (unpaired) electrons. The molecule has 3 rings (SSSR count). The van der Waals surface area contributed by atoms with E-state index in [4.69, 9.17) is 4.74 Å². The van der Waals surface area contributed by atoms with Crippen LogP contribution in [0.4, 0.5) is 4.79 Å². The molecule has 0 aromatic carbocycles. The van der Waals surface area contributed by atoms with Gasteiger partial charge in [-0.15, -0.1) is 6.58 Å². The Balaban J connectivity index is 0.000000878. The van der Waals surface area contributed by atoms with E-state index in [0.29, 0.717) is 18.7 Å². The number of hydrogen-bond acceptors (Lipinski definition) is 5. The lowest BCUT2D eigenvalue weighted by atomic mass is 9.87. The molecule has 0 atom stereocenters. The summed E-state index contributed by atoms with van der Waals surface area (Å²) in [6, 6.07) is 0. The van der Waals surface area contributed by atoms with Crippen LogP contribution in [-0.2, 0) is 4.74 Å². The van der Waals surface area contributed by atoms with Crippen LogP contribution in [0.2, 0.25) is 0 Å². The monoisotopic (exact) mass is 386 g/mol. The van der Waals surface area contributed by atoms with E-state index >= 15 is 0 Å². The summed E-state index contributed by atoms with van der Waals surface area (Å²) in [4.78, 5) is 37.8. The molecule has 1 saturated heterocycles. The number of fused-ring (bicyclic) bond motifs is 1. The van der Waals surface area contributed by atoms with Crippen LogP contribution in [0.3, 0.4) is 0 Å². The third kappa shape index (κ3) is 5.18. The predicted octanol–water partition coefficient (Wildman–Crippen LogP) is 3.93. The number of aryl methyl sites for hydroxylation is 1. The van der Waals surface area contributed by atoms with Crippen LogP contribution in [0.25, 0.3) is 11.2 Å². The van der Waals surface area contributed by atoms with Crippen molar-refractivity contribution in [3.63, 3.8) is 0 Å². The molecule has 1 fully saturated rings. The number of H-pyrrole nitrogens is 1. The fourth-order valence-electron chi connectivity index (χ4n) is 3.35. The molecule has 152 valence electrons. The summed E-state index contributed by atoms with van der Waals surface area (Å²) in [5, 5.41) is 0. The van der Waals surface area contributed by atoms with E-state index in [1.54, 1.807) is 23.4 Å². The first kappa shape index (κ1) is 21.6. The molecule has 7 nitrogen and oxygen atoms in total. The summed E-state index contributed by atoms with van der Waals surface area (Å²) in [7, 11) is 0. The average molecular weight is 386 g/mol. The molecule has 1 aliphatic rings. The van der Waals surface area contributed by atoms with E-state index in [-0.39, 0.29) is 17.6 Å². The molecule has 7 heteroatoms. The van der Waals surface area contributed by atoms with Gasteiger partial charge >= 0.3 is 6.09 Å². The molecule has 0 saturated carbocycles. The van der Waals surface area contributed by atoms with Gasteiger partial charge in [0.2, 0.25) is 0 Å².